The molecule has 0 saturated heterocycles. The van der Waals surface area contributed by atoms with E-state index in [1.165, 1.54) is 39.3 Å². The Kier molecular flexibility index (Phi) is 4.61. The molecule has 1 aromatic carbocycles. The highest BCUT2D eigenvalue weighted by Gasteiger charge is 2.28. The molecule has 1 aromatic heterocycles. The van der Waals surface area contributed by atoms with Gasteiger partial charge in [0, 0.05) is 27.3 Å². The standard InChI is InChI=1S/C13H13Cl2N3O4S/c1-16-7-10(12(19)17(2)13(16)20)23(21,22)18(3)9-6-4-5-8(14)11(9)15/h4-7H,1-3H3. The molecule has 1 heterocycles. The minimum atomic E-state index is -4.23. The highest BCUT2D eigenvalue weighted by molar-refractivity contribution is 7.92. The fourth-order valence-electron chi connectivity index (χ4n) is 1.96. The van der Waals surface area contributed by atoms with E-state index < -0.39 is 26.2 Å². The van der Waals surface area contributed by atoms with Crippen LogP contribution in [0.15, 0.2) is 38.9 Å². The van der Waals surface area contributed by atoms with Crippen LogP contribution in [-0.4, -0.2) is 24.6 Å². The molecule has 0 radical (unpaired) electrons. The zero-order chi connectivity index (χ0) is 17.5. The van der Waals surface area contributed by atoms with E-state index >= 15 is 0 Å². The molecule has 0 aliphatic rings. The molecule has 0 aliphatic heterocycles. The Morgan fingerprint density at radius 3 is 2.35 bits per heavy atom. The number of hydrogen-bond donors (Lipinski definition) is 0. The van der Waals surface area contributed by atoms with Crippen molar-refractivity contribution < 1.29 is 8.42 Å². The number of aromatic nitrogens is 2. The van der Waals surface area contributed by atoms with E-state index in [0.29, 0.717) is 0 Å². The average molecular weight is 378 g/mol. The highest BCUT2D eigenvalue weighted by Crippen LogP contribution is 2.33. The van der Waals surface area contributed by atoms with Crippen LogP contribution in [0.25, 0.3) is 0 Å². The normalized spacial score (nSPS) is 11.5. The number of rotatable bonds is 3. The van der Waals surface area contributed by atoms with E-state index in [0.717, 1.165) is 19.6 Å². The molecule has 0 fully saturated rings. The lowest BCUT2D eigenvalue weighted by molar-refractivity contribution is 0.583. The third-order valence-corrected chi connectivity index (χ3v) is 5.89. The lowest BCUT2D eigenvalue weighted by Crippen LogP contribution is -2.42. The SMILES string of the molecule is CN(c1cccc(Cl)c1Cl)S(=O)(=O)c1cn(C)c(=O)n(C)c1=O. The van der Waals surface area contributed by atoms with Gasteiger partial charge in [-0.1, -0.05) is 29.3 Å². The summed E-state index contributed by atoms with van der Waals surface area (Å²) in [6.45, 7) is 0. The smallest absolute Gasteiger partial charge is 0.302 e. The molecular weight excluding hydrogens is 365 g/mol. The van der Waals surface area contributed by atoms with Crippen LogP contribution < -0.4 is 15.6 Å². The summed E-state index contributed by atoms with van der Waals surface area (Å²) in [6.07, 6.45) is 0.981. The van der Waals surface area contributed by atoms with Gasteiger partial charge < -0.3 is 4.57 Å². The van der Waals surface area contributed by atoms with Crippen LogP contribution in [0.2, 0.25) is 10.0 Å². The number of halogens is 2. The minimum absolute atomic E-state index is 0.0434. The van der Waals surface area contributed by atoms with Gasteiger partial charge in [0.2, 0.25) is 0 Å². The second-order valence-electron chi connectivity index (χ2n) is 4.80. The fourth-order valence-corrected chi connectivity index (χ4v) is 3.79. The number of benzene rings is 1. The van der Waals surface area contributed by atoms with E-state index in [4.69, 9.17) is 23.2 Å². The molecule has 2 rings (SSSR count). The van der Waals surface area contributed by atoms with Gasteiger partial charge in [-0.25, -0.2) is 13.2 Å². The average Bonchev–Trinajstić information content (AvgIpc) is 2.50. The van der Waals surface area contributed by atoms with Gasteiger partial charge in [-0.3, -0.25) is 13.7 Å². The fraction of sp³-hybridized carbons (Fsp3) is 0.231. The molecule has 10 heteroatoms. The van der Waals surface area contributed by atoms with Crippen LogP contribution in [0.4, 0.5) is 5.69 Å². The Labute approximate surface area is 142 Å². The molecule has 7 nitrogen and oxygen atoms in total. The lowest BCUT2D eigenvalue weighted by atomic mass is 10.3. The van der Waals surface area contributed by atoms with Crippen molar-refractivity contribution in [1.82, 2.24) is 9.13 Å². The first-order valence-electron chi connectivity index (χ1n) is 6.28. The van der Waals surface area contributed by atoms with E-state index in [1.54, 1.807) is 0 Å². The van der Waals surface area contributed by atoms with E-state index in [-0.39, 0.29) is 15.7 Å². The van der Waals surface area contributed by atoms with Crippen LogP contribution in [0.5, 0.6) is 0 Å². The number of sulfonamides is 1. The van der Waals surface area contributed by atoms with Crippen molar-refractivity contribution in [3.63, 3.8) is 0 Å². The van der Waals surface area contributed by atoms with Gasteiger partial charge in [-0.05, 0) is 12.1 Å². The molecule has 0 atom stereocenters. The Balaban J connectivity index is 2.71. The third kappa shape index (κ3) is 2.89. The predicted octanol–water partition coefficient (Wildman–Crippen LogP) is 1.22. The summed E-state index contributed by atoms with van der Waals surface area (Å²) in [5.74, 6) is 0. The van der Waals surface area contributed by atoms with Crippen molar-refractivity contribution in [2.45, 2.75) is 4.90 Å². The van der Waals surface area contributed by atoms with Crippen LogP contribution >= 0.6 is 23.2 Å². The van der Waals surface area contributed by atoms with Gasteiger partial charge in [-0.2, -0.15) is 0 Å². The molecule has 0 saturated carbocycles. The van der Waals surface area contributed by atoms with Crippen molar-refractivity contribution in [3.05, 3.63) is 55.3 Å². The minimum Gasteiger partial charge on any atom is -0.302 e. The summed E-state index contributed by atoms with van der Waals surface area (Å²) >= 11 is 11.9. The van der Waals surface area contributed by atoms with Crippen molar-refractivity contribution in [2.24, 2.45) is 14.1 Å². The van der Waals surface area contributed by atoms with Crippen molar-refractivity contribution in [2.75, 3.05) is 11.4 Å². The molecule has 0 aliphatic carbocycles. The van der Waals surface area contributed by atoms with Gasteiger partial charge in [0.15, 0.2) is 4.90 Å². The zero-order valence-electron chi connectivity index (χ0n) is 12.4. The second kappa shape index (κ2) is 6.03. The lowest BCUT2D eigenvalue weighted by Gasteiger charge is -2.21. The summed E-state index contributed by atoms with van der Waals surface area (Å²) in [6, 6.07) is 4.51. The van der Waals surface area contributed by atoms with Gasteiger partial charge in [0.25, 0.3) is 15.6 Å². The Morgan fingerprint density at radius 1 is 1.13 bits per heavy atom. The molecule has 0 bridgehead atoms. The van der Waals surface area contributed by atoms with E-state index in [1.807, 2.05) is 0 Å². The maximum Gasteiger partial charge on any atom is 0.330 e. The first-order chi connectivity index (χ1) is 10.6. The summed E-state index contributed by atoms with van der Waals surface area (Å²) in [5.41, 5.74) is -1.43. The zero-order valence-corrected chi connectivity index (χ0v) is 14.8. The second-order valence-corrected chi connectivity index (χ2v) is 7.52. The van der Waals surface area contributed by atoms with Crippen LogP contribution in [0, 0.1) is 0 Å². The monoisotopic (exact) mass is 377 g/mol. The number of nitrogens with zero attached hydrogens (tertiary/aromatic N) is 3. The highest BCUT2D eigenvalue weighted by atomic mass is 35.5. The molecule has 124 valence electrons. The Hall–Kier alpha value is -1.77. The van der Waals surface area contributed by atoms with E-state index in [2.05, 4.69) is 0 Å². The number of anilines is 1. The summed E-state index contributed by atoms with van der Waals surface area (Å²) in [5, 5.41) is 0.224. The quantitative estimate of drug-likeness (QED) is 0.804. The van der Waals surface area contributed by atoms with Crippen molar-refractivity contribution in [1.29, 1.82) is 0 Å². The summed E-state index contributed by atoms with van der Waals surface area (Å²) in [7, 11) is -0.420. The molecule has 0 unspecified atom stereocenters. The molecule has 23 heavy (non-hydrogen) atoms. The predicted molar refractivity (Wildman–Crippen MR) is 89.0 cm³/mol. The first kappa shape index (κ1) is 17.6. The van der Waals surface area contributed by atoms with E-state index in [9.17, 15) is 18.0 Å². The molecule has 0 N–H and O–H groups in total. The maximum absolute atomic E-state index is 12.7. The van der Waals surface area contributed by atoms with Crippen LogP contribution in [0.3, 0.4) is 0 Å². The molecule has 2 aromatic rings. The van der Waals surface area contributed by atoms with Crippen LogP contribution in [-0.2, 0) is 24.1 Å². The summed E-state index contributed by atoms with van der Waals surface area (Å²) < 4.78 is 28.0. The van der Waals surface area contributed by atoms with Crippen LogP contribution in [0.1, 0.15) is 0 Å². The molecule has 0 spiro atoms. The maximum atomic E-state index is 12.7. The van der Waals surface area contributed by atoms with Crippen molar-refractivity contribution in [3.8, 4) is 0 Å². The first-order valence-corrected chi connectivity index (χ1v) is 8.48. The Morgan fingerprint density at radius 2 is 1.74 bits per heavy atom. The largest absolute Gasteiger partial charge is 0.330 e. The van der Waals surface area contributed by atoms with Gasteiger partial charge in [0.1, 0.15) is 0 Å². The Bertz CT molecular complexity index is 995. The van der Waals surface area contributed by atoms with Gasteiger partial charge >= 0.3 is 5.69 Å². The number of aryl methyl sites for hydroxylation is 1. The third-order valence-electron chi connectivity index (χ3n) is 3.32. The number of hydrogen-bond acceptors (Lipinski definition) is 4. The van der Waals surface area contributed by atoms with Gasteiger partial charge in [-0.15, -0.1) is 0 Å². The topological polar surface area (TPSA) is 81.4 Å². The van der Waals surface area contributed by atoms with Gasteiger partial charge in [0.05, 0.1) is 15.7 Å². The van der Waals surface area contributed by atoms with Crippen molar-refractivity contribution >= 4 is 38.9 Å². The summed E-state index contributed by atoms with van der Waals surface area (Å²) in [4.78, 5) is 23.3. The molecular formula is C13H13Cl2N3O4S. The molecule has 0 amide bonds.